The molecule has 1 aromatic carbocycles. The van der Waals surface area contributed by atoms with Crippen molar-refractivity contribution in [3.05, 3.63) is 81.3 Å². The number of carbonyl (C=O) groups is 1. The van der Waals surface area contributed by atoms with Gasteiger partial charge < -0.3 is 9.80 Å². The van der Waals surface area contributed by atoms with E-state index in [1.54, 1.807) is 22.5 Å². The lowest BCUT2D eigenvalue weighted by Gasteiger charge is -2.44. The molecule has 224 valence electrons. The first kappa shape index (κ1) is 29.7. The Bertz CT molecular complexity index is 1780. The SMILES string of the molecule is C=CC(=O)N1[C@H](C)CN(c2nc(=O)n3c4c(c(-c5cc(Cl)cs5)c(C(F)(F)F)cc24)SCC(c2ccccn2)C3)C[C@@H]1C. The summed E-state index contributed by atoms with van der Waals surface area (Å²) in [5.41, 5.74) is -0.193. The van der Waals surface area contributed by atoms with Crippen LogP contribution >= 0.6 is 34.7 Å². The van der Waals surface area contributed by atoms with Crippen molar-refractivity contribution in [3.63, 3.8) is 0 Å². The molecule has 1 fully saturated rings. The normalized spacial score (nSPS) is 20.7. The summed E-state index contributed by atoms with van der Waals surface area (Å²) in [4.78, 5) is 39.5. The number of nitrogens with zero attached hydrogens (tertiary/aromatic N) is 5. The van der Waals surface area contributed by atoms with Crippen LogP contribution in [0.4, 0.5) is 19.0 Å². The topological polar surface area (TPSA) is 71.3 Å². The van der Waals surface area contributed by atoms with E-state index in [1.807, 2.05) is 30.9 Å². The average Bonchev–Trinajstić information content (AvgIpc) is 3.29. The minimum absolute atomic E-state index is 0.0111. The highest BCUT2D eigenvalue weighted by atomic mass is 35.5. The Labute approximate surface area is 259 Å². The summed E-state index contributed by atoms with van der Waals surface area (Å²) in [6, 6.07) is 7.58. The summed E-state index contributed by atoms with van der Waals surface area (Å²) in [6.45, 7) is 8.11. The summed E-state index contributed by atoms with van der Waals surface area (Å²) in [5.74, 6) is 0.123. The number of hydrogen-bond donors (Lipinski definition) is 0. The van der Waals surface area contributed by atoms with Crippen LogP contribution in [0.5, 0.6) is 0 Å². The number of thiophene rings is 1. The third-order valence-electron chi connectivity index (χ3n) is 7.90. The third-order valence-corrected chi connectivity index (χ3v) is 10.5. The Hall–Kier alpha value is -3.35. The monoisotopic (exact) mass is 645 g/mol. The van der Waals surface area contributed by atoms with E-state index in [9.17, 15) is 22.8 Å². The van der Waals surface area contributed by atoms with Crippen molar-refractivity contribution in [3.8, 4) is 10.4 Å². The molecule has 1 unspecified atom stereocenters. The third kappa shape index (κ3) is 5.33. The first-order valence-electron chi connectivity index (χ1n) is 13.6. The number of carbonyl (C=O) groups excluding carboxylic acids is 1. The van der Waals surface area contributed by atoms with Crippen molar-refractivity contribution >= 4 is 57.3 Å². The number of aromatic nitrogens is 3. The average molecular weight is 646 g/mol. The van der Waals surface area contributed by atoms with Gasteiger partial charge in [-0.25, -0.2) is 4.79 Å². The first-order valence-corrected chi connectivity index (χ1v) is 15.9. The minimum atomic E-state index is -4.70. The molecule has 2 aliphatic heterocycles. The largest absolute Gasteiger partial charge is 0.417 e. The lowest BCUT2D eigenvalue weighted by atomic mass is 10.00. The van der Waals surface area contributed by atoms with Crippen LogP contribution in [-0.2, 0) is 17.5 Å². The fourth-order valence-corrected chi connectivity index (χ4v) is 8.72. The summed E-state index contributed by atoms with van der Waals surface area (Å²) < 4.78 is 46.2. The molecule has 1 saturated heterocycles. The van der Waals surface area contributed by atoms with Crippen molar-refractivity contribution in [2.45, 2.75) is 49.5 Å². The molecule has 13 heteroatoms. The highest BCUT2D eigenvalue weighted by Gasteiger charge is 2.40. The molecular weight excluding hydrogens is 619 g/mol. The van der Waals surface area contributed by atoms with Gasteiger partial charge in [0.2, 0.25) is 5.91 Å². The Balaban J connectivity index is 1.62. The number of rotatable bonds is 4. The highest BCUT2D eigenvalue weighted by molar-refractivity contribution is 7.99. The van der Waals surface area contributed by atoms with Gasteiger partial charge in [0, 0.05) is 81.4 Å². The lowest BCUT2D eigenvalue weighted by molar-refractivity contribution is -0.137. The van der Waals surface area contributed by atoms with Gasteiger partial charge in [0.1, 0.15) is 5.82 Å². The molecule has 1 amide bonds. The van der Waals surface area contributed by atoms with E-state index in [1.165, 1.54) is 28.5 Å². The van der Waals surface area contributed by atoms with Crippen molar-refractivity contribution in [2.24, 2.45) is 0 Å². The molecule has 0 N–H and O–H groups in total. The molecule has 43 heavy (non-hydrogen) atoms. The van der Waals surface area contributed by atoms with Crippen LogP contribution in [0.25, 0.3) is 21.3 Å². The zero-order valence-electron chi connectivity index (χ0n) is 23.3. The van der Waals surface area contributed by atoms with E-state index < -0.39 is 17.4 Å². The number of hydrogen-bond acceptors (Lipinski definition) is 7. The lowest BCUT2D eigenvalue weighted by Crippen LogP contribution is -2.58. The van der Waals surface area contributed by atoms with Gasteiger partial charge in [-0.15, -0.1) is 23.1 Å². The second-order valence-corrected chi connectivity index (χ2v) is 13.2. The van der Waals surface area contributed by atoms with Gasteiger partial charge in [0.25, 0.3) is 0 Å². The van der Waals surface area contributed by atoms with Crippen LogP contribution < -0.4 is 10.6 Å². The van der Waals surface area contributed by atoms with Crippen molar-refractivity contribution in [1.29, 1.82) is 0 Å². The van der Waals surface area contributed by atoms with Crippen molar-refractivity contribution < 1.29 is 18.0 Å². The van der Waals surface area contributed by atoms with Crippen LogP contribution in [0.3, 0.4) is 0 Å². The fourth-order valence-electron chi connectivity index (χ4n) is 6.15. The molecule has 0 aliphatic carbocycles. The van der Waals surface area contributed by atoms with Crippen molar-refractivity contribution in [1.82, 2.24) is 19.4 Å². The van der Waals surface area contributed by atoms with Crippen molar-refractivity contribution in [2.75, 3.05) is 23.7 Å². The number of benzene rings is 1. The standard InChI is InChI=1S/C30H27ClF3N5O2S2/c1-4-24(40)39-16(2)11-37(12-17(39)3)28-20-10-21(30(32,33)34)25(23-9-19(31)15-42-23)27-26(20)38(29(41)36-28)13-18(14-43-27)22-7-5-6-8-35-22/h4-10,15-18H,1,11-14H2,2-3H3/t16-,17+,18?. The van der Waals surface area contributed by atoms with Crippen LogP contribution in [-0.4, -0.2) is 56.3 Å². The van der Waals surface area contributed by atoms with Gasteiger partial charge >= 0.3 is 11.9 Å². The fraction of sp³-hybridized carbons (Fsp3) is 0.333. The molecule has 4 aromatic rings. The van der Waals surface area contributed by atoms with Gasteiger partial charge in [0.15, 0.2) is 0 Å². The van der Waals surface area contributed by atoms with Gasteiger partial charge in [0.05, 0.1) is 16.1 Å². The summed E-state index contributed by atoms with van der Waals surface area (Å²) in [5, 5.41) is 2.18. The summed E-state index contributed by atoms with van der Waals surface area (Å²) >= 11 is 8.63. The van der Waals surface area contributed by atoms with E-state index in [4.69, 9.17) is 11.6 Å². The maximum atomic E-state index is 14.9. The maximum absolute atomic E-state index is 14.9. The van der Waals surface area contributed by atoms with Crippen LogP contribution in [0.2, 0.25) is 5.02 Å². The van der Waals surface area contributed by atoms with Gasteiger partial charge in [-0.3, -0.25) is 14.3 Å². The Morgan fingerprint density at radius 2 is 1.91 bits per heavy atom. The van der Waals surface area contributed by atoms with Gasteiger partial charge in [-0.1, -0.05) is 24.2 Å². The predicted octanol–water partition coefficient (Wildman–Crippen LogP) is 6.69. The summed E-state index contributed by atoms with van der Waals surface area (Å²) in [6.07, 6.45) is -1.78. The Morgan fingerprint density at radius 1 is 1.16 bits per heavy atom. The number of anilines is 1. The van der Waals surface area contributed by atoms with E-state index >= 15 is 0 Å². The number of halogens is 4. The molecule has 2 aliphatic rings. The molecule has 0 bridgehead atoms. The minimum Gasteiger partial charge on any atom is -0.352 e. The van der Waals surface area contributed by atoms with Gasteiger partial charge in [-0.2, -0.15) is 18.2 Å². The quantitative estimate of drug-likeness (QED) is 0.230. The molecule has 0 saturated carbocycles. The predicted molar refractivity (Wildman–Crippen MR) is 165 cm³/mol. The molecule has 3 atom stereocenters. The van der Waals surface area contributed by atoms with E-state index in [2.05, 4.69) is 16.5 Å². The highest BCUT2D eigenvalue weighted by Crippen LogP contribution is 2.50. The van der Waals surface area contributed by atoms with Gasteiger partial charge in [-0.05, 0) is 44.2 Å². The van der Waals surface area contributed by atoms with Crippen LogP contribution in [0, 0.1) is 0 Å². The number of thioether (sulfide) groups is 1. The molecule has 5 heterocycles. The molecule has 7 nitrogen and oxygen atoms in total. The molecular formula is C30H27ClF3N5O2S2. The second kappa shape index (κ2) is 11.3. The zero-order valence-corrected chi connectivity index (χ0v) is 25.7. The number of alkyl halides is 3. The maximum Gasteiger partial charge on any atom is 0.417 e. The van der Waals surface area contributed by atoms with E-state index in [0.717, 1.165) is 23.1 Å². The van der Waals surface area contributed by atoms with Crippen LogP contribution in [0.15, 0.2) is 64.3 Å². The zero-order chi connectivity index (χ0) is 30.6. The van der Waals surface area contributed by atoms with E-state index in [0.29, 0.717) is 26.1 Å². The molecule has 0 spiro atoms. The first-order chi connectivity index (χ1) is 20.5. The molecule has 0 radical (unpaired) electrons. The number of piperazine rings is 1. The number of amides is 1. The Morgan fingerprint density at radius 3 is 2.51 bits per heavy atom. The van der Waals surface area contributed by atoms with Crippen LogP contribution in [0.1, 0.15) is 31.0 Å². The Kier molecular flexibility index (Phi) is 7.80. The number of pyridine rings is 1. The molecule has 6 rings (SSSR count). The smallest absolute Gasteiger partial charge is 0.352 e. The molecule has 3 aromatic heterocycles. The van der Waals surface area contributed by atoms with E-state index in [-0.39, 0.29) is 60.3 Å². The summed E-state index contributed by atoms with van der Waals surface area (Å²) in [7, 11) is 0. The second-order valence-electron chi connectivity index (χ2n) is 10.8.